The van der Waals surface area contributed by atoms with E-state index in [-0.39, 0.29) is 35.5 Å². The molecule has 0 saturated carbocycles. The van der Waals surface area contributed by atoms with Gasteiger partial charge in [-0.15, -0.1) is 0 Å². The minimum absolute atomic E-state index is 0.156. The molecular formula is C22H24O6. The lowest BCUT2D eigenvalue weighted by molar-refractivity contribution is -0.146. The highest BCUT2D eigenvalue weighted by molar-refractivity contribution is 6.18. The van der Waals surface area contributed by atoms with Gasteiger partial charge in [0.05, 0.1) is 5.57 Å². The van der Waals surface area contributed by atoms with Gasteiger partial charge in [0, 0.05) is 18.6 Å². The maximum atomic E-state index is 13.4. The highest BCUT2D eigenvalue weighted by Crippen LogP contribution is 2.51. The van der Waals surface area contributed by atoms with Crippen LogP contribution in [0.2, 0.25) is 0 Å². The van der Waals surface area contributed by atoms with E-state index in [1.807, 2.05) is 19.9 Å². The molecule has 0 fully saturated rings. The number of carbonyl (C=O) groups is 2. The average Bonchev–Trinajstić information content (AvgIpc) is 2.66. The van der Waals surface area contributed by atoms with Crippen LogP contribution in [0.4, 0.5) is 0 Å². The van der Waals surface area contributed by atoms with Crippen molar-refractivity contribution < 1.29 is 29.3 Å². The molecule has 2 aliphatic rings. The third kappa shape index (κ3) is 3.09. The normalized spacial score (nSPS) is 23.8. The second-order valence-corrected chi connectivity index (χ2v) is 7.71. The van der Waals surface area contributed by atoms with Crippen molar-refractivity contribution in [2.24, 2.45) is 5.41 Å². The number of Topliss-reactive ketones (excluding diaryl/α,β-unsaturated/α-hetero) is 1. The first-order chi connectivity index (χ1) is 13.1. The molecule has 0 aliphatic carbocycles. The fraction of sp³-hybridized carbons (Fsp3) is 0.364. The zero-order chi connectivity index (χ0) is 20.8. The Hall–Kier alpha value is -3.02. The lowest BCUT2D eigenvalue weighted by Crippen LogP contribution is -2.44. The Labute approximate surface area is 163 Å². The van der Waals surface area contributed by atoms with Gasteiger partial charge < -0.3 is 19.7 Å². The van der Waals surface area contributed by atoms with Crippen molar-refractivity contribution in [3.05, 3.63) is 52.8 Å². The number of esters is 1. The molecule has 6 heteroatoms. The van der Waals surface area contributed by atoms with E-state index < -0.39 is 29.0 Å². The second-order valence-electron chi connectivity index (χ2n) is 7.71. The summed E-state index contributed by atoms with van der Waals surface area (Å²) < 4.78 is 11.4. The molecule has 0 unspecified atom stereocenters. The molecule has 0 amide bonds. The van der Waals surface area contributed by atoms with E-state index in [2.05, 4.69) is 6.58 Å². The third-order valence-corrected chi connectivity index (χ3v) is 5.21. The summed E-state index contributed by atoms with van der Waals surface area (Å²) in [6.45, 7) is 11.2. The number of phenols is 2. The van der Waals surface area contributed by atoms with Crippen molar-refractivity contribution in [3.63, 3.8) is 0 Å². The molecule has 2 N–H and O–H groups in total. The highest BCUT2D eigenvalue weighted by atomic mass is 16.5. The summed E-state index contributed by atoms with van der Waals surface area (Å²) in [7, 11) is 0. The number of hydrogen-bond acceptors (Lipinski definition) is 6. The van der Waals surface area contributed by atoms with E-state index in [0.717, 1.165) is 23.3 Å². The molecule has 28 heavy (non-hydrogen) atoms. The number of hydrogen-bond donors (Lipinski definition) is 2. The van der Waals surface area contributed by atoms with Crippen molar-refractivity contribution in [2.45, 2.75) is 46.6 Å². The Morgan fingerprint density at radius 2 is 1.96 bits per heavy atom. The zero-order valence-electron chi connectivity index (χ0n) is 16.5. The zero-order valence-corrected chi connectivity index (χ0v) is 16.5. The number of carbonyl (C=O) groups excluding carboxylic acids is 2. The van der Waals surface area contributed by atoms with Gasteiger partial charge in [0.2, 0.25) is 5.78 Å². The SMILES string of the molecule is C=C(C)[C@@H]1C[C@]2(CC=C(C)C)C(=O)Oc3cc(O)cc(O)c3C(=O)C2=C(C)O1. The van der Waals surface area contributed by atoms with Gasteiger partial charge >= 0.3 is 5.97 Å². The van der Waals surface area contributed by atoms with Crippen LogP contribution in [-0.4, -0.2) is 28.1 Å². The third-order valence-electron chi connectivity index (χ3n) is 5.21. The van der Waals surface area contributed by atoms with Crippen LogP contribution < -0.4 is 4.74 Å². The predicted octanol–water partition coefficient (Wildman–Crippen LogP) is 4.18. The molecule has 6 nitrogen and oxygen atoms in total. The van der Waals surface area contributed by atoms with Gasteiger partial charge in [0.1, 0.15) is 40.1 Å². The number of rotatable bonds is 3. The maximum Gasteiger partial charge on any atom is 0.322 e. The minimum atomic E-state index is -1.28. The number of phenolic OH excluding ortho intramolecular Hbond substituents is 2. The molecular weight excluding hydrogens is 360 g/mol. The molecule has 0 radical (unpaired) electrons. The monoisotopic (exact) mass is 384 g/mol. The van der Waals surface area contributed by atoms with Crippen molar-refractivity contribution in [2.75, 3.05) is 0 Å². The molecule has 0 aromatic heterocycles. The van der Waals surface area contributed by atoms with Crippen LogP contribution >= 0.6 is 0 Å². The first-order valence-electron chi connectivity index (χ1n) is 9.06. The van der Waals surface area contributed by atoms with Crippen LogP contribution in [0.5, 0.6) is 17.2 Å². The van der Waals surface area contributed by atoms with Crippen LogP contribution in [0.25, 0.3) is 0 Å². The molecule has 0 spiro atoms. The van der Waals surface area contributed by atoms with Crippen LogP contribution in [0.15, 0.2) is 47.3 Å². The van der Waals surface area contributed by atoms with Crippen LogP contribution in [0.1, 0.15) is 50.9 Å². The van der Waals surface area contributed by atoms with E-state index in [1.54, 1.807) is 13.8 Å². The lowest BCUT2D eigenvalue weighted by atomic mass is 9.68. The molecule has 148 valence electrons. The summed E-state index contributed by atoms with van der Waals surface area (Å²) in [5, 5.41) is 20.1. The Bertz CT molecular complexity index is 948. The summed E-state index contributed by atoms with van der Waals surface area (Å²) in [6.07, 6.45) is 1.89. The van der Waals surface area contributed by atoms with Crippen LogP contribution in [0, 0.1) is 5.41 Å². The fourth-order valence-corrected chi connectivity index (χ4v) is 3.77. The molecule has 2 heterocycles. The number of fused-ring (bicyclic) bond motifs is 2. The van der Waals surface area contributed by atoms with Crippen molar-refractivity contribution in [3.8, 4) is 17.2 Å². The summed E-state index contributed by atoms with van der Waals surface area (Å²) in [5.74, 6) is -1.77. The van der Waals surface area contributed by atoms with Gasteiger partial charge in [-0.25, -0.2) is 0 Å². The van der Waals surface area contributed by atoms with Crippen molar-refractivity contribution in [1.29, 1.82) is 0 Å². The van der Waals surface area contributed by atoms with Crippen LogP contribution in [-0.2, 0) is 9.53 Å². The number of ketones is 1. The summed E-state index contributed by atoms with van der Waals surface area (Å²) >= 11 is 0. The fourth-order valence-electron chi connectivity index (χ4n) is 3.77. The topological polar surface area (TPSA) is 93.1 Å². The molecule has 0 saturated heterocycles. The standard InChI is InChI=1S/C22H24O6/c1-11(2)6-7-22-10-17(12(3)4)27-13(5)19(22)20(25)18-15(24)8-14(23)9-16(18)28-21(22)26/h6,8-9,17,23-24H,3,7,10H2,1-2,4-5H3/t17-,22-/m0/s1. The first-order valence-corrected chi connectivity index (χ1v) is 9.06. The van der Waals surface area contributed by atoms with E-state index in [0.29, 0.717) is 5.76 Å². The molecule has 2 atom stereocenters. The van der Waals surface area contributed by atoms with E-state index in [4.69, 9.17) is 9.47 Å². The van der Waals surface area contributed by atoms with E-state index >= 15 is 0 Å². The largest absolute Gasteiger partial charge is 0.508 e. The molecule has 3 rings (SSSR count). The summed E-state index contributed by atoms with van der Waals surface area (Å²) in [4.78, 5) is 26.8. The minimum Gasteiger partial charge on any atom is -0.508 e. The Morgan fingerprint density at radius 1 is 1.29 bits per heavy atom. The Balaban J connectivity index is 2.29. The quantitative estimate of drug-likeness (QED) is 0.461. The molecule has 1 aromatic rings. The number of ether oxygens (including phenoxy) is 2. The van der Waals surface area contributed by atoms with Gasteiger partial charge in [0.15, 0.2) is 0 Å². The van der Waals surface area contributed by atoms with Crippen molar-refractivity contribution >= 4 is 11.8 Å². The van der Waals surface area contributed by atoms with Crippen molar-refractivity contribution in [1.82, 2.24) is 0 Å². The maximum absolute atomic E-state index is 13.4. The van der Waals surface area contributed by atoms with E-state index in [9.17, 15) is 19.8 Å². The van der Waals surface area contributed by atoms with Crippen LogP contribution in [0.3, 0.4) is 0 Å². The number of allylic oxidation sites excluding steroid dienone is 3. The van der Waals surface area contributed by atoms with Gasteiger partial charge in [-0.3, -0.25) is 9.59 Å². The summed E-state index contributed by atoms with van der Waals surface area (Å²) in [6, 6.07) is 2.20. The van der Waals surface area contributed by atoms with E-state index in [1.165, 1.54) is 0 Å². The highest BCUT2D eigenvalue weighted by Gasteiger charge is 2.54. The first kappa shape index (κ1) is 19.7. The smallest absolute Gasteiger partial charge is 0.322 e. The number of benzene rings is 1. The Morgan fingerprint density at radius 3 is 2.57 bits per heavy atom. The van der Waals surface area contributed by atoms with Gasteiger partial charge in [-0.1, -0.05) is 18.2 Å². The van der Waals surface area contributed by atoms with Gasteiger partial charge in [-0.2, -0.15) is 0 Å². The Kier molecular flexibility index (Phi) is 4.83. The second kappa shape index (κ2) is 6.86. The lowest BCUT2D eigenvalue weighted by Gasteiger charge is -2.39. The molecule has 1 aromatic carbocycles. The number of aromatic hydroxyl groups is 2. The van der Waals surface area contributed by atoms with Gasteiger partial charge in [0.25, 0.3) is 0 Å². The average molecular weight is 384 g/mol. The predicted molar refractivity (Wildman–Crippen MR) is 103 cm³/mol. The molecule has 0 bridgehead atoms. The summed E-state index contributed by atoms with van der Waals surface area (Å²) in [5.41, 5.74) is 0.468. The molecule has 2 aliphatic heterocycles. The van der Waals surface area contributed by atoms with Gasteiger partial charge in [-0.05, 0) is 39.7 Å².